The summed E-state index contributed by atoms with van der Waals surface area (Å²) in [5.41, 5.74) is 0. The fourth-order valence-electron chi connectivity index (χ4n) is 3.76. The van der Waals surface area contributed by atoms with Crippen LogP contribution >= 0.6 is 0 Å². The lowest BCUT2D eigenvalue weighted by atomic mass is 9.90. The second-order valence-corrected chi connectivity index (χ2v) is 6.15. The normalized spacial score (nSPS) is 31.2. The molecule has 100 valence electrons. The number of nitrogens with one attached hydrogen (secondary N) is 1. The SMILES string of the molecule is CCNC1CCC(N(C)CC2CCCC2)CC1. The minimum atomic E-state index is 0.802. The molecule has 2 aliphatic rings. The third-order valence-electron chi connectivity index (χ3n) is 4.83. The zero-order valence-corrected chi connectivity index (χ0v) is 11.8. The molecule has 0 aromatic carbocycles. The van der Waals surface area contributed by atoms with Crippen LogP contribution in [0.4, 0.5) is 0 Å². The second kappa shape index (κ2) is 6.75. The molecule has 0 aromatic heterocycles. The van der Waals surface area contributed by atoms with Gasteiger partial charge >= 0.3 is 0 Å². The molecule has 0 atom stereocenters. The Labute approximate surface area is 107 Å². The van der Waals surface area contributed by atoms with Crippen molar-refractivity contribution in [2.75, 3.05) is 20.1 Å². The Balaban J connectivity index is 1.68. The van der Waals surface area contributed by atoms with Crippen LogP contribution in [0.2, 0.25) is 0 Å². The highest BCUT2D eigenvalue weighted by atomic mass is 15.1. The topological polar surface area (TPSA) is 15.3 Å². The molecule has 17 heavy (non-hydrogen) atoms. The molecule has 0 amide bonds. The maximum Gasteiger partial charge on any atom is 0.00934 e. The van der Waals surface area contributed by atoms with Crippen molar-refractivity contribution in [2.45, 2.75) is 70.4 Å². The molecular weight excluding hydrogens is 208 g/mol. The fraction of sp³-hybridized carbons (Fsp3) is 1.00. The van der Waals surface area contributed by atoms with Gasteiger partial charge in [-0.15, -0.1) is 0 Å². The third-order valence-corrected chi connectivity index (χ3v) is 4.83. The van der Waals surface area contributed by atoms with Gasteiger partial charge in [0.25, 0.3) is 0 Å². The predicted octanol–water partition coefficient (Wildman–Crippen LogP) is 3.03. The van der Waals surface area contributed by atoms with E-state index in [4.69, 9.17) is 0 Å². The third kappa shape index (κ3) is 3.96. The maximum absolute atomic E-state index is 3.60. The van der Waals surface area contributed by atoms with Crippen molar-refractivity contribution < 1.29 is 0 Å². The highest BCUT2D eigenvalue weighted by Crippen LogP contribution is 2.28. The molecule has 0 unspecified atom stereocenters. The summed E-state index contributed by atoms with van der Waals surface area (Å²) in [5, 5.41) is 3.60. The summed E-state index contributed by atoms with van der Waals surface area (Å²) < 4.78 is 0. The van der Waals surface area contributed by atoms with Gasteiger partial charge in [0.15, 0.2) is 0 Å². The van der Waals surface area contributed by atoms with E-state index in [2.05, 4.69) is 24.2 Å². The minimum Gasteiger partial charge on any atom is -0.314 e. The molecule has 2 nitrogen and oxygen atoms in total. The van der Waals surface area contributed by atoms with Crippen molar-refractivity contribution in [1.29, 1.82) is 0 Å². The van der Waals surface area contributed by atoms with Crippen LogP contribution in [0.1, 0.15) is 58.3 Å². The van der Waals surface area contributed by atoms with Gasteiger partial charge in [-0.1, -0.05) is 19.8 Å². The van der Waals surface area contributed by atoms with Crippen LogP contribution in [0.3, 0.4) is 0 Å². The van der Waals surface area contributed by atoms with E-state index < -0.39 is 0 Å². The van der Waals surface area contributed by atoms with E-state index in [1.807, 2.05) is 0 Å². The first-order valence-electron chi connectivity index (χ1n) is 7.73. The summed E-state index contributed by atoms with van der Waals surface area (Å²) >= 11 is 0. The zero-order chi connectivity index (χ0) is 12.1. The zero-order valence-electron chi connectivity index (χ0n) is 11.8. The van der Waals surface area contributed by atoms with E-state index in [1.165, 1.54) is 57.9 Å². The first-order valence-corrected chi connectivity index (χ1v) is 7.73. The number of hydrogen-bond donors (Lipinski definition) is 1. The van der Waals surface area contributed by atoms with E-state index in [0.717, 1.165) is 24.5 Å². The van der Waals surface area contributed by atoms with E-state index in [9.17, 15) is 0 Å². The second-order valence-electron chi connectivity index (χ2n) is 6.15. The Morgan fingerprint density at radius 3 is 2.24 bits per heavy atom. The van der Waals surface area contributed by atoms with Crippen LogP contribution < -0.4 is 5.32 Å². The van der Waals surface area contributed by atoms with Gasteiger partial charge in [0.1, 0.15) is 0 Å². The lowest BCUT2D eigenvalue weighted by Gasteiger charge is -2.36. The molecule has 0 aromatic rings. The number of hydrogen-bond acceptors (Lipinski definition) is 2. The first-order chi connectivity index (χ1) is 8.29. The molecule has 1 N–H and O–H groups in total. The van der Waals surface area contributed by atoms with Crippen LogP contribution in [0.15, 0.2) is 0 Å². The monoisotopic (exact) mass is 238 g/mol. The molecule has 0 heterocycles. The average molecular weight is 238 g/mol. The van der Waals surface area contributed by atoms with E-state index in [1.54, 1.807) is 0 Å². The molecule has 0 spiro atoms. The molecular formula is C15H30N2. The van der Waals surface area contributed by atoms with Crippen LogP contribution in [0, 0.1) is 5.92 Å². The Hall–Kier alpha value is -0.0800. The lowest BCUT2D eigenvalue weighted by molar-refractivity contribution is 0.154. The number of nitrogens with zero attached hydrogens (tertiary/aromatic N) is 1. The Bertz CT molecular complexity index is 203. The highest BCUT2D eigenvalue weighted by molar-refractivity contribution is 4.83. The van der Waals surface area contributed by atoms with Gasteiger partial charge in [-0.3, -0.25) is 0 Å². The van der Waals surface area contributed by atoms with Crippen LogP contribution in [0.5, 0.6) is 0 Å². The Kier molecular flexibility index (Phi) is 5.30. The molecule has 2 heteroatoms. The standard InChI is InChI=1S/C15H30N2/c1-3-16-14-8-10-15(11-9-14)17(2)12-13-6-4-5-7-13/h13-16H,3-12H2,1-2H3. The van der Waals surface area contributed by atoms with Gasteiger partial charge in [0.2, 0.25) is 0 Å². The van der Waals surface area contributed by atoms with Gasteiger partial charge in [0, 0.05) is 18.6 Å². The molecule has 2 rings (SSSR count). The quantitative estimate of drug-likeness (QED) is 0.792. The summed E-state index contributed by atoms with van der Waals surface area (Å²) in [6, 6.07) is 1.67. The first kappa shape index (κ1) is 13.4. The van der Waals surface area contributed by atoms with Crippen molar-refractivity contribution in [3.63, 3.8) is 0 Å². The van der Waals surface area contributed by atoms with Crippen molar-refractivity contribution in [1.82, 2.24) is 10.2 Å². The van der Waals surface area contributed by atoms with E-state index in [-0.39, 0.29) is 0 Å². The van der Waals surface area contributed by atoms with Crippen molar-refractivity contribution in [3.8, 4) is 0 Å². The summed E-state index contributed by atoms with van der Waals surface area (Å²) in [5.74, 6) is 1.01. The number of rotatable bonds is 5. The molecule has 0 aliphatic heterocycles. The average Bonchev–Trinajstić information content (AvgIpc) is 2.83. The lowest BCUT2D eigenvalue weighted by Crippen LogP contribution is -2.42. The molecule has 2 aliphatic carbocycles. The van der Waals surface area contributed by atoms with Crippen molar-refractivity contribution in [3.05, 3.63) is 0 Å². The molecule has 0 bridgehead atoms. The largest absolute Gasteiger partial charge is 0.314 e. The van der Waals surface area contributed by atoms with Gasteiger partial charge in [0.05, 0.1) is 0 Å². The Morgan fingerprint density at radius 1 is 1.00 bits per heavy atom. The van der Waals surface area contributed by atoms with E-state index >= 15 is 0 Å². The summed E-state index contributed by atoms with van der Waals surface area (Å²) in [6.07, 6.45) is 11.5. The molecule has 2 saturated carbocycles. The van der Waals surface area contributed by atoms with Crippen LogP contribution in [-0.4, -0.2) is 37.1 Å². The van der Waals surface area contributed by atoms with Gasteiger partial charge in [-0.2, -0.15) is 0 Å². The van der Waals surface area contributed by atoms with Crippen molar-refractivity contribution in [2.24, 2.45) is 5.92 Å². The van der Waals surface area contributed by atoms with Gasteiger partial charge in [-0.05, 0) is 58.0 Å². The van der Waals surface area contributed by atoms with E-state index in [0.29, 0.717) is 0 Å². The summed E-state index contributed by atoms with van der Waals surface area (Å²) in [6.45, 7) is 4.71. The maximum atomic E-state index is 3.60. The van der Waals surface area contributed by atoms with Crippen LogP contribution in [-0.2, 0) is 0 Å². The fourth-order valence-corrected chi connectivity index (χ4v) is 3.76. The van der Waals surface area contributed by atoms with Gasteiger partial charge < -0.3 is 10.2 Å². The minimum absolute atomic E-state index is 0.802. The van der Waals surface area contributed by atoms with Crippen LogP contribution in [0.25, 0.3) is 0 Å². The van der Waals surface area contributed by atoms with Gasteiger partial charge in [-0.25, -0.2) is 0 Å². The summed E-state index contributed by atoms with van der Waals surface area (Å²) in [4.78, 5) is 2.66. The highest BCUT2D eigenvalue weighted by Gasteiger charge is 2.25. The molecule has 0 radical (unpaired) electrons. The molecule has 2 fully saturated rings. The van der Waals surface area contributed by atoms with Crippen molar-refractivity contribution >= 4 is 0 Å². The Morgan fingerprint density at radius 2 is 1.65 bits per heavy atom. The predicted molar refractivity (Wildman–Crippen MR) is 74.3 cm³/mol. The molecule has 0 saturated heterocycles. The smallest absolute Gasteiger partial charge is 0.00934 e. The summed E-state index contributed by atoms with van der Waals surface area (Å²) in [7, 11) is 2.36.